The van der Waals surface area contributed by atoms with E-state index in [2.05, 4.69) is 11.9 Å². The second-order valence-corrected chi connectivity index (χ2v) is 3.45. The first-order chi connectivity index (χ1) is 4.18. The average Bonchev–Trinajstić information content (AvgIpc) is 1.82. The summed E-state index contributed by atoms with van der Waals surface area (Å²) in [7, 11) is -0.713. The van der Waals surface area contributed by atoms with Crippen molar-refractivity contribution in [3.8, 4) is 0 Å². The van der Waals surface area contributed by atoms with Gasteiger partial charge in [-0.1, -0.05) is 6.58 Å². The summed E-state index contributed by atoms with van der Waals surface area (Å²) in [5.41, 5.74) is 0. The van der Waals surface area contributed by atoms with Crippen LogP contribution in [-0.2, 0) is 0 Å². The van der Waals surface area contributed by atoms with Crippen molar-refractivity contribution in [3.63, 3.8) is 0 Å². The highest BCUT2D eigenvalue weighted by atomic mass is 28.3. The minimum atomic E-state index is -2.53. The minimum absolute atomic E-state index is 0.587. The van der Waals surface area contributed by atoms with E-state index in [1.165, 1.54) is 0 Å². The van der Waals surface area contributed by atoms with Crippen LogP contribution in [0.4, 0.5) is 0 Å². The number of hydrogen-bond acceptors (Lipinski definition) is 3. The van der Waals surface area contributed by atoms with Crippen LogP contribution in [0, 0.1) is 0 Å². The summed E-state index contributed by atoms with van der Waals surface area (Å²) in [6.07, 6.45) is 0.667. The molecule has 0 rings (SSSR count). The van der Waals surface area contributed by atoms with Gasteiger partial charge in [-0.15, -0.1) is 0 Å². The Kier molecular flexibility index (Phi) is 4.61. The van der Waals surface area contributed by atoms with Crippen molar-refractivity contribution in [1.29, 1.82) is 0 Å². The van der Waals surface area contributed by atoms with E-state index >= 15 is 0 Å². The Balaban J connectivity index is 3.28. The highest BCUT2D eigenvalue weighted by molar-refractivity contribution is 6.50. The van der Waals surface area contributed by atoms with Crippen LogP contribution in [0.3, 0.4) is 0 Å². The molecule has 0 aromatic rings. The third kappa shape index (κ3) is 4.35. The molecule has 0 aliphatic heterocycles. The predicted octanol–water partition coefficient (Wildman–Crippen LogP) is -1.10. The Morgan fingerprint density at radius 3 is 2.56 bits per heavy atom. The van der Waals surface area contributed by atoms with Gasteiger partial charge in [0.1, 0.15) is 0 Å². The van der Waals surface area contributed by atoms with Crippen LogP contribution in [0.5, 0.6) is 0 Å². The zero-order valence-electron chi connectivity index (χ0n) is 5.59. The summed E-state index contributed by atoms with van der Waals surface area (Å²) >= 11 is 0. The molecule has 0 aromatic carbocycles. The minimum Gasteiger partial charge on any atom is -0.410 e. The molecule has 0 saturated heterocycles. The van der Waals surface area contributed by atoms with Gasteiger partial charge < -0.3 is 14.9 Å². The third-order valence-electron chi connectivity index (χ3n) is 1.06. The van der Waals surface area contributed by atoms with E-state index in [4.69, 9.17) is 9.59 Å². The molecule has 3 nitrogen and oxygen atoms in total. The first kappa shape index (κ1) is 8.84. The third-order valence-corrected chi connectivity index (χ3v) is 2.08. The molecule has 0 saturated carbocycles. The van der Waals surface area contributed by atoms with Gasteiger partial charge in [0.2, 0.25) is 0 Å². The van der Waals surface area contributed by atoms with E-state index < -0.39 is 9.28 Å². The van der Waals surface area contributed by atoms with Gasteiger partial charge in [-0.05, 0) is 25.2 Å². The highest BCUT2D eigenvalue weighted by Crippen LogP contribution is 1.95. The molecule has 0 atom stereocenters. The average molecular weight is 147 g/mol. The lowest BCUT2D eigenvalue weighted by Gasteiger charge is -2.03. The van der Waals surface area contributed by atoms with E-state index in [1.807, 2.05) is 7.05 Å². The number of nitrogens with one attached hydrogen (secondary N) is 1. The van der Waals surface area contributed by atoms with Gasteiger partial charge in [-0.25, -0.2) is 0 Å². The maximum absolute atomic E-state index is 8.61. The molecule has 3 N–H and O–H groups in total. The molecule has 4 heteroatoms. The Bertz CT molecular complexity index is 95.0. The highest BCUT2D eigenvalue weighted by Gasteiger charge is 2.05. The SMILES string of the molecule is C=C(CCNC)[SiH](O)O. The lowest BCUT2D eigenvalue weighted by Crippen LogP contribution is -2.18. The van der Waals surface area contributed by atoms with Crippen molar-refractivity contribution in [2.45, 2.75) is 6.42 Å². The molecule has 0 fully saturated rings. The molecule has 54 valence electrons. The Hall–Kier alpha value is -0.163. The van der Waals surface area contributed by atoms with Crippen molar-refractivity contribution < 1.29 is 9.59 Å². The molecule has 0 heterocycles. The van der Waals surface area contributed by atoms with Crippen molar-refractivity contribution in [3.05, 3.63) is 11.8 Å². The summed E-state index contributed by atoms with van der Waals surface area (Å²) in [5.74, 6) is 0. The van der Waals surface area contributed by atoms with Crippen LogP contribution in [0.2, 0.25) is 0 Å². The van der Waals surface area contributed by atoms with Crippen molar-refractivity contribution in [2.24, 2.45) is 0 Å². The van der Waals surface area contributed by atoms with E-state index in [0.717, 1.165) is 6.54 Å². The Labute approximate surface area is 56.9 Å². The van der Waals surface area contributed by atoms with Crippen LogP contribution < -0.4 is 5.32 Å². The molecule has 0 aromatic heterocycles. The standard InChI is InChI=1S/C5H13NO2Si/c1-5(9(7)8)3-4-6-2/h6-9H,1,3-4H2,2H3. The maximum atomic E-state index is 8.61. The topological polar surface area (TPSA) is 52.5 Å². The molecule has 0 spiro atoms. The number of rotatable bonds is 4. The fraction of sp³-hybridized carbons (Fsp3) is 0.600. The van der Waals surface area contributed by atoms with Crippen LogP contribution >= 0.6 is 0 Å². The van der Waals surface area contributed by atoms with E-state index in [0.29, 0.717) is 11.6 Å². The van der Waals surface area contributed by atoms with Gasteiger partial charge in [0.05, 0.1) is 0 Å². The molecule has 0 bridgehead atoms. The lowest BCUT2D eigenvalue weighted by molar-refractivity contribution is 0.416. The van der Waals surface area contributed by atoms with E-state index in [1.54, 1.807) is 0 Å². The zero-order chi connectivity index (χ0) is 7.28. The summed E-state index contributed by atoms with van der Waals surface area (Å²) < 4.78 is 0. The van der Waals surface area contributed by atoms with Crippen LogP contribution in [0.1, 0.15) is 6.42 Å². The molecule has 0 unspecified atom stereocenters. The van der Waals surface area contributed by atoms with Gasteiger partial charge in [-0.3, -0.25) is 0 Å². The largest absolute Gasteiger partial charge is 0.410 e. The van der Waals surface area contributed by atoms with Gasteiger partial charge in [-0.2, -0.15) is 0 Å². The maximum Gasteiger partial charge on any atom is 0.345 e. The smallest absolute Gasteiger partial charge is 0.345 e. The monoisotopic (exact) mass is 147 g/mol. The second kappa shape index (κ2) is 4.69. The Morgan fingerprint density at radius 2 is 2.22 bits per heavy atom. The Morgan fingerprint density at radius 1 is 1.67 bits per heavy atom. The second-order valence-electron chi connectivity index (χ2n) is 1.89. The molecule has 0 aliphatic rings. The molecule has 0 aliphatic carbocycles. The molecule has 0 amide bonds. The van der Waals surface area contributed by atoms with Crippen molar-refractivity contribution >= 4 is 9.28 Å². The molecular weight excluding hydrogens is 134 g/mol. The summed E-state index contributed by atoms with van der Waals surface area (Å²) in [4.78, 5) is 17.2. The van der Waals surface area contributed by atoms with Crippen LogP contribution in [0.25, 0.3) is 0 Å². The van der Waals surface area contributed by atoms with Crippen LogP contribution in [-0.4, -0.2) is 32.5 Å². The first-order valence-corrected chi connectivity index (χ1v) is 4.48. The van der Waals surface area contributed by atoms with E-state index in [-0.39, 0.29) is 0 Å². The quantitative estimate of drug-likeness (QED) is 0.442. The van der Waals surface area contributed by atoms with E-state index in [9.17, 15) is 0 Å². The van der Waals surface area contributed by atoms with Gasteiger partial charge in [0.15, 0.2) is 0 Å². The molecular formula is C5H13NO2Si. The summed E-state index contributed by atoms with van der Waals surface area (Å²) in [6.45, 7) is 4.28. The first-order valence-electron chi connectivity index (χ1n) is 2.87. The van der Waals surface area contributed by atoms with Gasteiger partial charge in [0.25, 0.3) is 0 Å². The zero-order valence-corrected chi connectivity index (χ0v) is 6.75. The van der Waals surface area contributed by atoms with Crippen LogP contribution in [0.15, 0.2) is 11.8 Å². The number of hydrogen-bond donors (Lipinski definition) is 3. The lowest BCUT2D eigenvalue weighted by atomic mass is 10.4. The summed E-state index contributed by atoms with van der Waals surface area (Å²) in [5, 5.41) is 3.48. The van der Waals surface area contributed by atoms with Gasteiger partial charge >= 0.3 is 9.28 Å². The fourth-order valence-electron chi connectivity index (χ4n) is 0.415. The molecule has 0 radical (unpaired) electrons. The van der Waals surface area contributed by atoms with Crippen molar-refractivity contribution in [2.75, 3.05) is 13.6 Å². The normalized spacial score (nSPS) is 10.2. The fourth-order valence-corrected chi connectivity index (χ4v) is 0.817. The van der Waals surface area contributed by atoms with Gasteiger partial charge in [0, 0.05) is 0 Å². The molecule has 9 heavy (non-hydrogen) atoms. The predicted molar refractivity (Wildman–Crippen MR) is 39.3 cm³/mol. The van der Waals surface area contributed by atoms with Crippen molar-refractivity contribution in [1.82, 2.24) is 5.32 Å². The summed E-state index contributed by atoms with van der Waals surface area (Å²) in [6, 6.07) is 0.